The van der Waals surface area contributed by atoms with Crippen LogP contribution >= 0.6 is 0 Å². The smallest absolute Gasteiger partial charge is 0.150 e. The van der Waals surface area contributed by atoms with E-state index in [1.165, 1.54) is 0 Å². The van der Waals surface area contributed by atoms with Gasteiger partial charge in [-0.25, -0.2) is 9.97 Å². The molecule has 0 aliphatic rings. The number of fused-ring (bicyclic) bond motifs is 1. The van der Waals surface area contributed by atoms with Gasteiger partial charge in [0.2, 0.25) is 0 Å². The van der Waals surface area contributed by atoms with Gasteiger partial charge in [-0.1, -0.05) is 26.8 Å². The van der Waals surface area contributed by atoms with Crippen LogP contribution in [-0.4, -0.2) is 19.4 Å². The van der Waals surface area contributed by atoms with Gasteiger partial charge in [-0.05, 0) is 12.1 Å². The fourth-order valence-corrected chi connectivity index (χ4v) is 2.27. The van der Waals surface area contributed by atoms with E-state index in [0.29, 0.717) is 5.82 Å². The Kier molecular flexibility index (Phi) is 2.71. The zero-order valence-electron chi connectivity index (χ0n) is 11.8. The molecule has 0 aliphatic carbocycles. The highest BCUT2D eigenvalue weighted by Gasteiger charge is 2.24. The molecule has 5 nitrogen and oxygen atoms in total. The van der Waals surface area contributed by atoms with Crippen molar-refractivity contribution in [1.29, 1.82) is 0 Å². The van der Waals surface area contributed by atoms with E-state index >= 15 is 0 Å². The summed E-state index contributed by atoms with van der Waals surface area (Å²) < 4.78 is 2.01. The molecular formula is C15H17N5. The number of imidazole rings is 1. The summed E-state index contributed by atoms with van der Waals surface area (Å²) in [5.41, 5.74) is 8.36. The van der Waals surface area contributed by atoms with Crippen molar-refractivity contribution >= 4 is 11.3 Å². The summed E-state index contributed by atoms with van der Waals surface area (Å²) in [6.07, 6.45) is 5.34. The lowest BCUT2D eigenvalue weighted by molar-refractivity contribution is 0.543. The Balaban J connectivity index is 2.39. The minimum atomic E-state index is -0.0935. The maximum Gasteiger partial charge on any atom is 0.150 e. The highest BCUT2D eigenvalue weighted by atomic mass is 15.1. The van der Waals surface area contributed by atoms with Crippen LogP contribution < -0.4 is 5.73 Å². The van der Waals surface area contributed by atoms with Gasteiger partial charge in [-0.3, -0.25) is 9.38 Å². The molecule has 0 fully saturated rings. The van der Waals surface area contributed by atoms with Crippen LogP contribution in [0.2, 0.25) is 0 Å². The summed E-state index contributed by atoms with van der Waals surface area (Å²) in [5, 5.41) is 0. The molecule has 0 bridgehead atoms. The van der Waals surface area contributed by atoms with E-state index in [-0.39, 0.29) is 5.41 Å². The van der Waals surface area contributed by atoms with E-state index in [9.17, 15) is 0 Å². The third-order valence-electron chi connectivity index (χ3n) is 3.16. The number of nitrogen functional groups attached to an aromatic ring is 1. The number of hydrogen-bond acceptors (Lipinski definition) is 4. The summed E-state index contributed by atoms with van der Waals surface area (Å²) in [4.78, 5) is 13.3. The third kappa shape index (κ3) is 1.91. The molecule has 5 heteroatoms. The fraction of sp³-hybridized carbons (Fsp3) is 0.267. The van der Waals surface area contributed by atoms with Crippen LogP contribution in [0.25, 0.3) is 16.9 Å². The van der Waals surface area contributed by atoms with Crippen molar-refractivity contribution in [3.8, 4) is 11.4 Å². The molecule has 0 radical (unpaired) electrons. The van der Waals surface area contributed by atoms with E-state index in [1.54, 1.807) is 12.4 Å². The molecule has 20 heavy (non-hydrogen) atoms. The molecular weight excluding hydrogens is 250 g/mol. The summed E-state index contributed by atoms with van der Waals surface area (Å²) in [6.45, 7) is 6.38. The molecule has 102 valence electrons. The van der Waals surface area contributed by atoms with E-state index in [2.05, 4.69) is 30.7 Å². The summed E-state index contributed by atoms with van der Waals surface area (Å²) >= 11 is 0. The fourth-order valence-electron chi connectivity index (χ4n) is 2.27. The van der Waals surface area contributed by atoms with E-state index in [4.69, 9.17) is 10.7 Å². The lowest BCUT2D eigenvalue weighted by Gasteiger charge is -2.16. The van der Waals surface area contributed by atoms with Crippen molar-refractivity contribution in [2.45, 2.75) is 26.2 Å². The first-order valence-electron chi connectivity index (χ1n) is 6.53. The first-order chi connectivity index (χ1) is 9.48. The summed E-state index contributed by atoms with van der Waals surface area (Å²) in [7, 11) is 0. The number of hydrogen-bond donors (Lipinski definition) is 1. The molecule has 0 atom stereocenters. The van der Waals surface area contributed by atoms with Gasteiger partial charge in [-0.2, -0.15) is 0 Å². The van der Waals surface area contributed by atoms with Crippen LogP contribution in [0, 0.1) is 0 Å². The number of anilines is 1. The standard InChI is InChI=1S/C15H17N5/c1-15(2,3)14-19-11(10-6-4-5-7-17-10)12-13(16)18-8-9-20(12)14/h4-9H,1-3H3,(H2,16,18). The minimum Gasteiger partial charge on any atom is -0.382 e. The molecule has 3 rings (SSSR count). The highest BCUT2D eigenvalue weighted by Crippen LogP contribution is 2.31. The Morgan fingerprint density at radius 1 is 1.10 bits per heavy atom. The van der Waals surface area contributed by atoms with Crippen LogP contribution in [0.15, 0.2) is 36.8 Å². The SMILES string of the molecule is CC(C)(C)c1nc(-c2ccccn2)c2c(N)nccn12. The van der Waals surface area contributed by atoms with E-state index in [0.717, 1.165) is 22.7 Å². The number of nitrogens with two attached hydrogens (primary N) is 1. The van der Waals surface area contributed by atoms with Crippen molar-refractivity contribution in [1.82, 2.24) is 19.4 Å². The zero-order chi connectivity index (χ0) is 14.3. The Morgan fingerprint density at radius 2 is 1.90 bits per heavy atom. The molecule has 3 aromatic heterocycles. The van der Waals surface area contributed by atoms with Crippen molar-refractivity contribution < 1.29 is 0 Å². The molecule has 3 aromatic rings. The maximum absolute atomic E-state index is 6.05. The van der Waals surface area contributed by atoms with Gasteiger partial charge in [-0.15, -0.1) is 0 Å². The van der Waals surface area contributed by atoms with Gasteiger partial charge in [0.15, 0.2) is 0 Å². The van der Waals surface area contributed by atoms with E-state index in [1.807, 2.05) is 28.8 Å². The average Bonchev–Trinajstić information content (AvgIpc) is 2.81. The van der Waals surface area contributed by atoms with Crippen LogP contribution in [-0.2, 0) is 5.41 Å². The molecule has 2 N–H and O–H groups in total. The Morgan fingerprint density at radius 3 is 2.55 bits per heavy atom. The second-order valence-corrected chi connectivity index (χ2v) is 5.78. The third-order valence-corrected chi connectivity index (χ3v) is 3.16. The molecule has 3 heterocycles. The second kappa shape index (κ2) is 4.30. The minimum absolute atomic E-state index is 0.0935. The van der Waals surface area contributed by atoms with Crippen LogP contribution in [0.5, 0.6) is 0 Å². The van der Waals surface area contributed by atoms with Gasteiger partial charge in [0.05, 0.1) is 5.69 Å². The molecule has 0 saturated carbocycles. The molecule has 0 spiro atoms. The molecule has 0 aliphatic heterocycles. The number of nitrogens with zero attached hydrogens (tertiary/aromatic N) is 4. The van der Waals surface area contributed by atoms with Crippen LogP contribution in [0.4, 0.5) is 5.82 Å². The molecule has 0 amide bonds. The first kappa shape index (κ1) is 12.6. The van der Waals surface area contributed by atoms with Gasteiger partial charge in [0.25, 0.3) is 0 Å². The largest absolute Gasteiger partial charge is 0.382 e. The lowest BCUT2D eigenvalue weighted by atomic mass is 9.96. The number of rotatable bonds is 1. The maximum atomic E-state index is 6.05. The number of pyridine rings is 1. The predicted octanol–water partition coefficient (Wildman–Crippen LogP) is 2.67. The van der Waals surface area contributed by atoms with Gasteiger partial charge in [0, 0.05) is 24.0 Å². The van der Waals surface area contributed by atoms with Crippen molar-refractivity contribution in [2.75, 3.05) is 5.73 Å². The quantitative estimate of drug-likeness (QED) is 0.736. The Labute approximate surface area is 117 Å². The number of aromatic nitrogens is 4. The van der Waals surface area contributed by atoms with Crippen molar-refractivity contribution in [2.24, 2.45) is 0 Å². The van der Waals surface area contributed by atoms with Crippen molar-refractivity contribution in [3.63, 3.8) is 0 Å². The summed E-state index contributed by atoms with van der Waals surface area (Å²) in [5.74, 6) is 1.42. The average molecular weight is 267 g/mol. The second-order valence-electron chi connectivity index (χ2n) is 5.78. The zero-order valence-corrected chi connectivity index (χ0v) is 11.8. The lowest BCUT2D eigenvalue weighted by Crippen LogP contribution is -2.16. The van der Waals surface area contributed by atoms with E-state index < -0.39 is 0 Å². The van der Waals surface area contributed by atoms with Crippen molar-refractivity contribution in [3.05, 3.63) is 42.6 Å². The predicted molar refractivity (Wildman–Crippen MR) is 79.3 cm³/mol. The first-order valence-corrected chi connectivity index (χ1v) is 6.53. The Bertz CT molecular complexity index is 753. The molecule has 0 aromatic carbocycles. The van der Waals surface area contributed by atoms with Crippen LogP contribution in [0.1, 0.15) is 26.6 Å². The normalized spacial score (nSPS) is 11.9. The van der Waals surface area contributed by atoms with Gasteiger partial charge < -0.3 is 5.73 Å². The highest BCUT2D eigenvalue weighted by molar-refractivity contribution is 5.83. The Hall–Kier alpha value is -2.43. The topological polar surface area (TPSA) is 69.1 Å². The van der Waals surface area contributed by atoms with Gasteiger partial charge in [0.1, 0.15) is 22.9 Å². The summed E-state index contributed by atoms with van der Waals surface area (Å²) in [6, 6.07) is 5.76. The monoisotopic (exact) mass is 267 g/mol. The molecule has 0 unspecified atom stereocenters. The van der Waals surface area contributed by atoms with Gasteiger partial charge >= 0.3 is 0 Å². The van der Waals surface area contributed by atoms with Crippen LogP contribution in [0.3, 0.4) is 0 Å². The molecule has 0 saturated heterocycles.